The molecule has 2 rings (SSSR count). The van der Waals surface area contributed by atoms with Crippen LogP contribution in [0.4, 0.5) is 0 Å². The van der Waals surface area contributed by atoms with E-state index in [-0.39, 0.29) is 30.6 Å². The van der Waals surface area contributed by atoms with Crippen LogP contribution in [-0.2, 0) is 14.4 Å². The summed E-state index contributed by atoms with van der Waals surface area (Å²) in [5.41, 5.74) is 0. The summed E-state index contributed by atoms with van der Waals surface area (Å²) in [5, 5.41) is 3.16. The van der Waals surface area contributed by atoms with E-state index in [0.717, 1.165) is 13.1 Å². The molecule has 6 nitrogen and oxygen atoms in total. The van der Waals surface area contributed by atoms with Gasteiger partial charge in [0.05, 0.1) is 6.54 Å². The Balaban J connectivity index is 2.06. The molecule has 0 aromatic rings. The molecule has 2 heterocycles. The summed E-state index contributed by atoms with van der Waals surface area (Å²) in [7, 11) is 0. The number of rotatable bonds is 1. The van der Waals surface area contributed by atoms with Gasteiger partial charge < -0.3 is 15.1 Å². The first-order chi connectivity index (χ1) is 8.09. The molecular formula is C11H17N3O3. The third-order valence-corrected chi connectivity index (χ3v) is 3.26. The van der Waals surface area contributed by atoms with E-state index >= 15 is 0 Å². The number of ketones is 1. The lowest BCUT2D eigenvalue weighted by Crippen LogP contribution is -2.53. The molecule has 2 fully saturated rings. The Morgan fingerprint density at radius 3 is 2.53 bits per heavy atom. The van der Waals surface area contributed by atoms with Crippen molar-refractivity contribution in [1.82, 2.24) is 15.1 Å². The molecule has 0 aliphatic carbocycles. The normalized spacial score (nSPS) is 25.2. The molecule has 0 aromatic carbocycles. The lowest BCUT2D eigenvalue weighted by atomic mass is 10.1. The van der Waals surface area contributed by atoms with Gasteiger partial charge in [0, 0.05) is 39.5 Å². The lowest BCUT2D eigenvalue weighted by molar-refractivity contribution is -0.143. The first-order valence-electron chi connectivity index (χ1n) is 5.88. The summed E-state index contributed by atoms with van der Waals surface area (Å²) in [6.45, 7) is 4.32. The van der Waals surface area contributed by atoms with Crippen molar-refractivity contribution in [2.75, 3.05) is 32.7 Å². The average molecular weight is 239 g/mol. The van der Waals surface area contributed by atoms with Crippen molar-refractivity contribution in [1.29, 1.82) is 0 Å². The van der Waals surface area contributed by atoms with E-state index in [2.05, 4.69) is 5.32 Å². The Morgan fingerprint density at radius 1 is 1.29 bits per heavy atom. The average Bonchev–Trinajstić information content (AvgIpc) is 2.72. The number of likely N-dealkylation sites (tertiary alicyclic amines) is 1. The zero-order valence-electron chi connectivity index (χ0n) is 9.94. The van der Waals surface area contributed by atoms with Crippen LogP contribution in [0.15, 0.2) is 0 Å². The second kappa shape index (κ2) is 4.83. The van der Waals surface area contributed by atoms with E-state index in [4.69, 9.17) is 0 Å². The minimum absolute atomic E-state index is 0.0336. The van der Waals surface area contributed by atoms with Crippen LogP contribution in [-0.4, -0.2) is 66.2 Å². The molecule has 17 heavy (non-hydrogen) atoms. The summed E-state index contributed by atoms with van der Waals surface area (Å²) in [6.07, 6.45) is 0.169. The molecule has 2 aliphatic rings. The molecule has 0 bridgehead atoms. The van der Waals surface area contributed by atoms with Gasteiger partial charge in [-0.25, -0.2) is 0 Å². The van der Waals surface area contributed by atoms with Gasteiger partial charge in [-0.05, 0) is 0 Å². The quantitative estimate of drug-likeness (QED) is 0.611. The van der Waals surface area contributed by atoms with Gasteiger partial charge in [0.25, 0.3) is 0 Å². The smallest absolute Gasteiger partial charge is 0.245 e. The molecule has 2 aliphatic heterocycles. The van der Waals surface area contributed by atoms with Crippen molar-refractivity contribution in [3.63, 3.8) is 0 Å². The fraction of sp³-hybridized carbons (Fsp3) is 0.727. The van der Waals surface area contributed by atoms with Gasteiger partial charge in [-0.15, -0.1) is 0 Å². The third-order valence-electron chi connectivity index (χ3n) is 3.26. The molecular weight excluding hydrogens is 222 g/mol. The largest absolute Gasteiger partial charge is 0.338 e. The number of nitrogens with zero attached hydrogens (tertiary/aromatic N) is 2. The number of hydrogen-bond donors (Lipinski definition) is 1. The molecule has 1 N–H and O–H groups in total. The van der Waals surface area contributed by atoms with E-state index in [1.165, 1.54) is 11.8 Å². The number of Topliss-reactive ketones (excluding diaryl/α,β-unsaturated/α-hetero) is 1. The number of hydrogen-bond acceptors (Lipinski definition) is 4. The molecule has 1 unspecified atom stereocenters. The van der Waals surface area contributed by atoms with Gasteiger partial charge in [-0.2, -0.15) is 0 Å². The number of nitrogens with one attached hydrogen (secondary N) is 1. The van der Waals surface area contributed by atoms with Gasteiger partial charge in [0.2, 0.25) is 11.8 Å². The second-order valence-electron chi connectivity index (χ2n) is 4.48. The van der Waals surface area contributed by atoms with Crippen LogP contribution >= 0.6 is 0 Å². The Labute approximate surface area is 99.9 Å². The van der Waals surface area contributed by atoms with E-state index in [1.54, 1.807) is 4.90 Å². The molecule has 2 saturated heterocycles. The number of amides is 2. The fourth-order valence-corrected chi connectivity index (χ4v) is 2.34. The molecule has 0 aromatic heterocycles. The predicted molar refractivity (Wildman–Crippen MR) is 60.2 cm³/mol. The Morgan fingerprint density at radius 2 is 1.94 bits per heavy atom. The van der Waals surface area contributed by atoms with Crippen molar-refractivity contribution >= 4 is 17.6 Å². The molecule has 0 radical (unpaired) electrons. The van der Waals surface area contributed by atoms with Crippen LogP contribution < -0.4 is 5.32 Å². The maximum atomic E-state index is 12.2. The second-order valence-corrected chi connectivity index (χ2v) is 4.48. The van der Waals surface area contributed by atoms with Gasteiger partial charge >= 0.3 is 0 Å². The van der Waals surface area contributed by atoms with Crippen molar-refractivity contribution < 1.29 is 14.4 Å². The molecule has 0 spiro atoms. The van der Waals surface area contributed by atoms with Crippen LogP contribution in [0.3, 0.4) is 0 Å². The monoisotopic (exact) mass is 239 g/mol. The van der Waals surface area contributed by atoms with E-state index in [0.29, 0.717) is 13.1 Å². The van der Waals surface area contributed by atoms with Gasteiger partial charge in [-0.1, -0.05) is 0 Å². The first-order valence-corrected chi connectivity index (χ1v) is 5.88. The maximum absolute atomic E-state index is 12.2. The summed E-state index contributed by atoms with van der Waals surface area (Å²) in [6, 6.07) is -0.571. The van der Waals surface area contributed by atoms with Crippen LogP contribution in [0.25, 0.3) is 0 Å². The minimum atomic E-state index is -0.571. The highest BCUT2D eigenvalue weighted by Gasteiger charge is 2.39. The predicted octanol–water partition coefficient (Wildman–Crippen LogP) is -1.39. The van der Waals surface area contributed by atoms with Crippen molar-refractivity contribution in [3.05, 3.63) is 0 Å². The fourth-order valence-electron chi connectivity index (χ4n) is 2.34. The summed E-state index contributed by atoms with van der Waals surface area (Å²) in [4.78, 5) is 38.1. The van der Waals surface area contributed by atoms with E-state index in [9.17, 15) is 14.4 Å². The SMILES string of the molecule is CC(=O)N1CC(=O)CC1C(=O)N1CCNCC1. The Bertz CT molecular complexity index is 350. The number of carbonyl (C=O) groups excluding carboxylic acids is 3. The van der Waals surface area contributed by atoms with Gasteiger partial charge in [-0.3, -0.25) is 14.4 Å². The maximum Gasteiger partial charge on any atom is 0.245 e. The number of carbonyl (C=O) groups is 3. The highest BCUT2D eigenvalue weighted by Crippen LogP contribution is 2.17. The van der Waals surface area contributed by atoms with Crippen molar-refractivity contribution in [3.8, 4) is 0 Å². The lowest BCUT2D eigenvalue weighted by Gasteiger charge is -2.32. The van der Waals surface area contributed by atoms with Gasteiger partial charge in [0.15, 0.2) is 5.78 Å². The Kier molecular flexibility index (Phi) is 3.42. The van der Waals surface area contributed by atoms with Crippen LogP contribution in [0, 0.1) is 0 Å². The Hall–Kier alpha value is -1.43. The topological polar surface area (TPSA) is 69.7 Å². The minimum Gasteiger partial charge on any atom is -0.338 e. The van der Waals surface area contributed by atoms with E-state index in [1.807, 2.05) is 0 Å². The number of piperazine rings is 1. The standard InChI is InChI=1S/C11H17N3O3/c1-8(15)14-7-9(16)6-10(14)11(17)13-4-2-12-3-5-13/h10,12H,2-7H2,1H3. The van der Waals surface area contributed by atoms with Crippen molar-refractivity contribution in [2.24, 2.45) is 0 Å². The third kappa shape index (κ3) is 2.46. The highest BCUT2D eigenvalue weighted by atomic mass is 16.2. The summed E-state index contributed by atoms with van der Waals surface area (Å²) < 4.78 is 0. The molecule has 94 valence electrons. The molecule has 2 amide bonds. The van der Waals surface area contributed by atoms with E-state index < -0.39 is 6.04 Å². The first kappa shape index (κ1) is 12.0. The summed E-state index contributed by atoms with van der Waals surface area (Å²) >= 11 is 0. The molecule has 1 atom stereocenters. The van der Waals surface area contributed by atoms with Crippen LogP contribution in [0.2, 0.25) is 0 Å². The zero-order valence-corrected chi connectivity index (χ0v) is 9.94. The van der Waals surface area contributed by atoms with Crippen LogP contribution in [0.1, 0.15) is 13.3 Å². The zero-order chi connectivity index (χ0) is 12.4. The van der Waals surface area contributed by atoms with Crippen LogP contribution in [0.5, 0.6) is 0 Å². The summed E-state index contributed by atoms with van der Waals surface area (Å²) in [5.74, 6) is -0.328. The molecule has 0 saturated carbocycles. The highest BCUT2D eigenvalue weighted by molar-refractivity contribution is 5.98. The van der Waals surface area contributed by atoms with Crippen molar-refractivity contribution in [2.45, 2.75) is 19.4 Å². The van der Waals surface area contributed by atoms with Gasteiger partial charge in [0.1, 0.15) is 6.04 Å². The molecule has 6 heteroatoms.